The minimum Gasteiger partial charge on any atom is -0.339 e. The van der Waals surface area contributed by atoms with Crippen molar-refractivity contribution < 1.29 is 9.59 Å². The third-order valence-corrected chi connectivity index (χ3v) is 4.74. The number of hydrogen-bond acceptors (Lipinski definition) is 2. The normalized spacial score (nSPS) is 14.2. The van der Waals surface area contributed by atoms with Gasteiger partial charge in [0.05, 0.1) is 6.42 Å². The molecule has 2 amide bonds. The second kappa shape index (κ2) is 8.17. The second-order valence-corrected chi connectivity index (χ2v) is 6.65. The number of hydrogen-bond donors (Lipinski definition) is 1. The molecule has 130 valence electrons. The second-order valence-electron chi connectivity index (χ2n) is 6.25. The molecule has 1 heterocycles. The van der Waals surface area contributed by atoms with Gasteiger partial charge in [0.2, 0.25) is 5.91 Å². The molecule has 2 aromatic carbocycles. The van der Waals surface area contributed by atoms with Crippen LogP contribution in [0.25, 0.3) is 0 Å². The summed E-state index contributed by atoms with van der Waals surface area (Å²) >= 11 is 6.08. The molecule has 1 N–H and O–H groups in total. The molecule has 2 aromatic rings. The van der Waals surface area contributed by atoms with Crippen molar-refractivity contribution in [2.45, 2.75) is 25.7 Å². The summed E-state index contributed by atoms with van der Waals surface area (Å²) in [6, 6.07) is 14.4. The molecule has 3 rings (SSSR count). The van der Waals surface area contributed by atoms with Gasteiger partial charge in [-0.2, -0.15) is 0 Å². The van der Waals surface area contributed by atoms with E-state index in [0.29, 0.717) is 16.3 Å². The van der Waals surface area contributed by atoms with Crippen LogP contribution in [0.15, 0.2) is 48.5 Å². The Labute approximate surface area is 152 Å². The molecule has 0 spiro atoms. The lowest BCUT2D eigenvalue weighted by atomic mass is 10.1. The molecule has 25 heavy (non-hydrogen) atoms. The molecule has 4 nitrogen and oxygen atoms in total. The fourth-order valence-electron chi connectivity index (χ4n) is 3.00. The average Bonchev–Trinajstić information content (AvgIpc) is 2.64. The van der Waals surface area contributed by atoms with Gasteiger partial charge in [0.25, 0.3) is 5.91 Å². The molecule has 1 aliphatic rings. The van der Waals surface area contributed by atoms with E-state index in [4.69, 9.17) is 11.6 Å². The van der Waals surface area contributed by atoms with Crippen molar-refractivity contribution in [3.8, 4) is 0 Å². The standard InChI is InChI=1S/C20H21ClN2O2/c21-18-7-3-2-6-16(18)14-19(24)22-17-10-8-15(9-11-17)20(25)23-12-4-1-5-13-23/h2-3,6-11H,1,4-5,12-14H2,(H,22,24). The lowest BCUT2D eigenvalue weighted by Gasteiger charge is -2.26. The zero-order chi connectivity index (χ0) is 17.6. The van der Waals surface area contributed by atoms with Gasteiger partial charge in [-0.1, -0.05) is 29.8 Å². The average molecular weight is 357 g/mol. The number of carbonyl (C=O) groups is 2. The first-order valence-corrected chi connectivity index (χ1v) is 8.94. The number of halogens is 1. The molecule has 1 saturated heterocycles. The minimum atomic E-state index is -0.136. The number of benzene rings is 2. The van der Waals surface area contributed by atoms with E-state index in [9.17, 15) is 9.59 Å². The monoisotopic (exact) mass is 356 g/mol. The highest BCUT2D eigenvalue weighted by Gasteiger charge is 2.18. The van der Waals surface area contributed by atoms with Gasteiger partial charge in [-0.3, -0.25) is 9.59 Å². The van der Waals surface area contributed by atoms with Gasteiger partial charge in [0.1, 0.15) is 0 Å². The zero-order valence-corrected chi connectivity index (χ0v) is 14.8. The van der Waals surface area contributed by atoms with E-state index in [0.717, 1.165) is 31.5 Å². The Morgan fingerprint density at radius 3 is 2.32 bits per heavy atom. The van der Waals surface area contributed by atoms with Crippen LogP contribution in [-0.4, -0.2) is 29.8 Å². The minimum absolute atomic E-state index is 0.0636. The molecule has 0 saturated carbocycles. The molecular weight excluding hydrogens is 336 g/mol. The predicted molar refractivity (Wildman–Crippen MR) is 100.0 cm³/mol. The number of nitrogens with one attached hydrogen (secondary N) is 1. The fraction of sp³-hybridized carbons (Fsp3) is 0.300. The summed E-state index contributed by atoms with van der Waals surface area (Å²) in [5, 5.41) is 3.42. The third-order valence-electron chi connectivity index (χ3n) is 4.37. The molecule has 1 fully saturated rings. The molecule has 1 aliphatic heterocycles. The van der Waals surface area contributed by atoms with Crippen molar-refractivity contribution in [3.05, 3.63) is 64.7 Å². The maximum absolute atomic E-state index is 12.4. The highest BCUT2D eigenvalue weighted by Crippen LogP contribution is 2.18. The molecule has 0 aliphatic carbocycles. The van der Waals surface area contributed by atoms with Crippen LogP contribution in [0.4, 0.5) is 5.69 Å². The molecule has 0 radical (unpaired) electrons. The van der Waals surface area contributed by atoms with Gasteiger partial charge >= 0.3 is 0 Å². The third kappa shape index (κ3) is 4.60. The largest absolute Gasteiger partial charge is 0.339 e. The first-order valence-electron chi connectivity index (χ1n) is 8.56. The topological polar surface area (TPSA) is 49.4 Å². The van der Waals surface area contributed by atoms with Crippen LogP contribution in [-0.2, 0) is 11.2 Å². The Morgan fingerprint density at radius 1 is 0.960 bits per heavy atom. The van der Waals surface area contributed by atoms with Crippen molar-refractivity contribution in [2.24, 2.45) is 0 Å². The van der Waals surface area contributed by atoms with Gasteiger partial charge < -0.3 is 10.2 Å². The Morgan fingerprint density at radius 2 is 1.64 bits per heavy atom. The number of anilines is 1. The quantitative estimate of drug-likeness (QED) is 0.894. The summed E-state index contributed by atoms with van der Waals surface area (Å²) in [6.07, 6.45) is 3.55. The van der Waals surface area contributed by atoms with Gasteiger partial charge in [0, 0.05) is 29.4 Å². The summed E-state index contributed by atoms with van der Waals surface area (Å²) in [4.78, 5) is 26.5. The summed E-state index contributed by atoms with van der Waals surface area (Å²) in [7, 11) is 0. The molecule has 0 bridgehead atoms. The van der Waals surface area contributed by atoms with Gasteiger partial charge in [0.15, 0.2) is 0 Å². The summed E-state index contributed by atoms with van der Waals surface area (Å²) < 4.78 is 0. The van der Waals surface area contributed by atoms with E-state index >= 15 is 0 Å². The highest BCUT2D eigenvalue weighted by atomic mass is 35.5. The van der Waals surface area contributed by atoms with Crippen molar-refractivity contribution in [3.63, 3.8) is 0 Å². The van der Waals surface area contributed by atoms with E-state index in [-0.39, 0.29) is 18.2 Å². The zero-order valence-electron chi connectivity index (χ0n) is 14.0. The number of nitrogens with zero attached hydrogens (tertiary/aromatic N) is 1. The van der Waals surface area contributed by atoms with Crippen LogP contribution >= 0.6 is 11.6 Å². The lowest BCUT2D eigenvalue weighted by molar-refractivity contribution is -0.115. The lowest BCUT2D eigenvalue weighted by Crippen LogP contribution is -2.35. The maximum Gasteiger partial charge on any atom is 0.253 e. The van der Waals surface area contributed by atoms with Gasteiger partial charge in [-0.05, 0) is 55.2 Å². The van der Waals surface area contributed by atoms with Crippen LogP contribution in [0, 0.1) is 0 Å². The van der Waals surface area contributed by atoms with Crippen molar-refractivity contribution in [1.29, 1.82) is 0 Å². The number of carbonyl (C=O) groups excluding carboxylic acids is 2. The predicted octanol–water partition coefficient (Wildman–Crippen LogP) is 4.15. The van der Waals surface area contributed by atoms with Crippen LogP contribution < -0.4 is 5.32 Å². The fourth-order valence-corrected chi connectivity index (χ4v) is 3.20. The Hall–Kier alpha value is -2.33. The number of amides is 2. The molecular formula is C20H21ClN2O2. The van der Waals surface area contributed by atoms with Crippen molar-refractivity contribution in [1.82, 2.24) is 4.90 Å². The Bertz CT molecular complexity index is 753. The highest BCUT2D eigenvalue weighted by molar-refractivity contribution is 6.31. The van der Waals surface area contributed by atoms with Gasteiger partial charge in [-0.15, -0.1) is 0 Å². The van der Waals surface area contributed by atoms with Crippen LogP contribution in [0.5, 0.6) is 0 Å². The Balaban J connectivity index is 1.59. The number of likely N-dealkylation sites (tertiary alicyclic amines) is 1. The maximum atomic E-state index is 12.4. The number of rotatable bonds is 4. The summed E-state index contributed by atoms with van der Waals surface area (Å²) in [6.45, 7) is 1.66. The van der Waals surface area contributed by atoms with E-state index in [1.54, 1.807) is 30.3 Å². The SMILES string of the molecule is O=C(Cc1ccccc1Cl)Nc1ccc(C(=O)N2CCCCC2)cc1. The van der Waals surface area contributed by atoms with Crippen molar-refractivity contribution >= 4 is 29.1 Å². The molecule has 0 atom stereocenters. The molecule has 5 heteroatoms. The summed E-state index contributed by atoms with van der Waals surface area (Å²) in [5.74, 6) is -0.0724. The van der Waals surface area contributed by atoms with Gasteiger partial charge in [-0.25, -0.2) is 0 Å². The van der Waals surface area contributed by atoms with E-state index < -0.39 is 0 Å². The van der Waals surface area contributed by atoms with E-state index in [1.807, 2.05) is 23.1 Å². The smallest absolute Gasteiger partial charge is 0.253 e. The first kappa shape index (κ1) is 17.5. The van der Waals surface area contributed by atoms with E-state index in [1.165, 1.54) is 6.42 Å². The first-order chi connectivity index (χ1) is 12.1. The molecule has 0 aromatic heterocycles. The molecule has 0 unspecified atom stereocenters. The van der Waals surface area contributed by atoms with E-state index in [2.05, 4.69) is 5.32 Å². The van der Waals surface area contributed by atoms with Crippen LogP contribution in [0.2, 0.25) is 5.02 Å². The van der Waals surface area contributed by atoms with Crippen LogP contribution in [0.3, 0.4) is 0 Å². The van der Waals surface area contributed by atoms with Crippen molar-refractivity contribution in [2.75, 3.05) is 18.4 Å². The number of piperidine rings is 1. The summed E-state index contributed by atoms with van der Waals surface area (Å²) in [5.41, 5.74) is 2.12. The Kier molecular flexibility index (Phi) is 5.71. The van der Waals surface area contributed by atoms with Crippen LogP contribution in [0.1, 0.15) is 35.2 Å².